The summed E-state index contributed by atoms with van der Waals surface area (Å²) in [5, 5.41) is 0. The van der Waals surface area contributed by atoms with Crippen molar-refractivity contribution in [3.8, 4) is 0 Å². The Morgan fingerprint density at radius 3 is 2.24 bits per heavy atom. The molecule has 0 amide bonds. The lowest BCUT2D eigenvalue weighted by atomic mass is 9.78. The van der Waals surface area contributed by atoms with E-state index in [0.717, 1.165) is 12.3 Å². The predicted molar refractivity (Wildman–Crippen MR) is 109 cm³/mol. The zero-order valence-corrected chi connectivity index (χ0v) is 17.8. The van der Waals surface area contributed by atoms with Gasteiger partial charge in [-0.05, 0) is 30.2 Å². The summed E-state index contributed by atoms with van der Waals surface area (Å²) in [6.45, 7) is 11.7. The van der Waals surface area contributed by atoms with Crippen molar-refractivity contribution in [1.29, 1.82) is 0 Å². The van der Waals surface area contributed by atoms with Crippen LogP contribution in [0.5, 0.6) is 0 Å². The van der Waals surface area contributed by atoms with E-state index in [0.29, 0.717) is 12.5 Å². The molecule has 0 bridgehead atoms. The van der Waals surface area contributed by atoms with Gasteiger partial charge in [0.25, 0.3) is 0 Å². The molecule has 140 valence electrons. The van der Waals surface area contributed by atoms with Gasteiger partial charge in [-0.15, -0.1) is 0 Å². The van der Waals surface area contributed by atoms with E-state index in [4.69, 9.17) is 4.74 Å². The lowest BCUT2D eigenvalue weighted by Gasteiger charge is -2.33. The fraction of sp³-hybridized carbons (Fsp3) is 0.682. The summed E-state index contributed by atoms with van der Waals surface area (Å²) in [5.74, 6) is 1.31. The number of benzene rings is 1. The van der Waals surface area contributed by atoms with Crippen LogP contribution < -0.4 is 0 Å². The van der Waals surface area contributed by atoms with Crippen LogP contribution in [-0.2, 0) is 14.9 Å². The Bertz CT molecular complexity index is 544. The van der Waals surface area contributed by atoms with Crippen LogP contribution in [-0.4, -0.2) is 20.7 Å². The molecule has 0 aliphatic heterocycles. The minimum absolute atomic E-state index is 0.00633. The predicted octanol–water partition coefficient (Wildman–Crippen LogP) is 6.04. The zero-order valence-electron chi connectivity index (χ0n) is 16.8. The first-order chi connectivity index (χ1) is 11.9. The number of hydrogen-bond donors (Lipinski definition) is 0. The minimum Gasteiger partial charge on any atom is -0.465 e. The van der Waals surface area contributed by atoms with E-state index in [-0.39, 0.29) is 11.4 Å². The quantitative estimate of drug-likeness (QED) is 0.417. The molecule has 0 spiro atoms. The van der Waals surface area contributed by atoms with Crippen molar-refractivity contribution in [2.45, 2.75) is 77.1 Å². The smallest absolute Gasteiger partial charge is 0.302 e. The summed E-state index contributed by atoms with van der Waals surface area (Å²) < 4.78 is 5.56. The molecule has 1 aromatic rings. The van der Waals surface area contributed by atoms with Crippen LogP contribution in [0.3, 0.4) is 0 Å². The molecule has 2 rings (SSSR count). The first-order valence-corrected chi connectivity index (χ1v) is 12.9. The van der Waals surface area contributed by atoms with Crippen LogP contribution in [0.25, 0.3) is 0 Å². The van der Waals surface area contributed by atoms with E-state index in [1.807, 2.05) is 0 Å². The first-order valence-electron chi connectivity index (χ1n) is 10.1. The number of carbonyl (C=O) groups excluding carboxylic acids is 1. The van der Waals surface area contributed by atoms with Gasteiger partial charge in [-0.25, -0.2) is 0 Å². The molecule has 0 radical (unpaired) electrons. The normalized spacial score (nSPS) is 26.6. The lowest BCUT2D eigenvalue weighted by molar-refractivity contribution is -0.143. The van der Waals surface area contributed by atoms with E-state index in [1.54, 1.807) is 0 Å². The van der Waals surface area contributed by atoms with Crippen LogP contribution in [0.2, 0.25) is 24.2 Å². The number of esters is 1. The van der Waals surface area contributed by atoms with Gasteiger partial charge in [0.05, 0.1) is 8.07 Å². The summed E-state index contributed by atoms with van der Waals surface area (Å²) in [4.78, 5) is 11.5. The average molecular weight is 361 g/mol. The third-order valence-corrected chi connectivity index (χ3v) is 12.9. The molecule has 3 atom stereocenters. The van der Waals surface area contributed by atoms with Gasteiger partial charge in [-0.2, -0.15) is 0 Å². The minimum atomic E-state index is -1.14. The van der Waals surface area contributed by atoms with Crippen molar-refractivity contribution in [3.63, 3.8) is 0 Å². The van der Waals surface area contributed by atoms with Crippen molar-refractivity contribution in [2.24, 2.45) is 11.8 Å². The van der Waals surface area contributed by atoms with Crippen molar-refractivity contribution in [1.82, 2.24) is 0 Å². The highest BCUT2D eigenvalue weighted by Gasteiger charge is 2.47. The van der Waals surface area contributed by atoms with Crippen molar-refractivity contribution < 1.29 is 9.53 Å². The maximum Gasteiger partial charge on any atom is 0.302 e. The van der Waals surface area contributed by atoms with E-state index in [2.05, 4.69) is 58.0 Å². The third-order valence-electron chi connectivity index (χ3n) is 7.05. The molecule has 0 saturated heterocycles. The van der Waals surface area contributed by atoms with E-state index >= 15 is 0 Å². The maximum atomic E-state index is 11.5. The van der Waals surface area contributed by atoms with Crippen molar-refractivity contribution >= 4 is 14.0 Å². The highest BCUT2D eigenvalue weighted by atomic mass is 28.3. The molecule has 1 saturated carbocycles. The van der Waals surface area contributed by atoms with Crippen LogP contribution in [0, 0.1) is 11.8 Å². The standard InChI is InChI=1S/C22H36O2Si/c1-6-25(7-2,8-3)16-20-15-22(14-18(20)4,17-24-19(5)23)21-12-10-9-11-13-21/h9-13,18,20H,6-8,14-17H2,1-5H3/t18-,20+,22?/m1/s1. The van der Waals surface area contributed by atoms with Gasteiger partial charge >= 0.3 is 5.97 Å². The number of ether oxygens (including phenoxy) is 1. The molecule has 0 N–H and O–H groups in total. The van der Waals surface area contributed by atoms with Crippen LogP contribution in [0.4, 0.5) is 0 Å². The molecular weight excluding hydrogens is 324 g/mol. The number of hydrogen-bond acceptors (Lipinski definition) is 2. The van der Waals surface area contributed by atoms with Crippen LogP contribution in [0.1, 0.15) is 53.0 Å². The Hall–Kier alpha value is -1.09. The Kier molecular flexibility index (Phi) is 6.90. The summed E-state index contributed by atoms with van der Waals surface area (Å²) in [7, 11) is -1.14. The highest BCUT2D eigenvalue weighted by Crippen LogP contribution is 2.51. The number of carbonyl (C=O) groups is 1. The van der Waals surface area contributed by atoms with Gasteiger partial charge in [-0.3, -0.25) is 4.79 Å². The molecule has 2 nitrogen and oxygen atoms in total. The SMILES string of the molecule is CC[Si](CC)(CC)C[C@@H]1CC(COC(C)=O)(c2ccccc2)C[C@H]1C. The van der Waals surface area contributed by atoms with Crippen molar-refractivity contribution in [3.05, 3.63) is 35.9 Å². The second-order valence-electron chi connectivity index (χ2n) is 8.34. The lowest BCUT2D eigenvalue weighted by Crippen LogP contribution is -2.35. The second-order valence-corrected chi connectivity index (χ2v) is 13.9. The molecule has 1 unspecified atom stereocenters. The second kappa shape index (κ2) is 8.53. The molecule has 0 aromatic heterocycles. The summed E-state index contributed by atoms with van der Waals surface area (Å²) in [6.07, 6.45) is 2.30. The van der Waals surface area contributed by atoms with E-state index in [1.165, 1.54) is 43.1 Å². The van der Waals surface area contributed by atoms with E-state index in [9.17, 15) is 4.79 Å². The third kappa shape index (κ3) is 4.55. The topological polar surface area (TPSA) is 26.3 Å². The van der Waals surface area contributed by atoms with Gasteiger partial charge in [0.1, 0.15) is 6.61 Å². The van der Waals surface area contributed by atoms with Crippen LogP contribution in [0.15, 0.2) is 30.3 Å². The molecule has 3 heteroatoms. The Morgan fingerprint density at radius 1 is 1.12 bits per heavy atom. The fourth-order valence-corrected chi connectivity index (χ4v) is 9.08. The maximum absolute atomic E-state index is 11.5. The highest BCUT2D eigenvalue weighted by molar-refractivity contribution is 6.79. The molecule has 1 aromatic carbocycles. The Balaban J connectivity index is 2.26. The summed E-state index contributed by atoms with van der Waals surface area (Å²) in [5.41, 5.74) is 1.36. The largest absolute Gasteiger partial charge is 0.465 e. The van der Waals surface area contributed by atoms with Crippen molar-refractivity contribution in [2.75, 3.05) is 6.61 Å². The molecule has 0 heterocycles. The first kappa shape index (κ1) is 20.2. The molecule has 25 heavy (non-hydrogen) atoms. The van der Waals surface area contributed by atoms with E-state index < -0.39 is 8.07 Å². The fourth-order valence-electron chi connectivity index (χ4n) is 5.05. The average Bonchev–Trinajstić information content (AvgIpc) is 2.95. The molecule has 1 aliphatic carbocycles. The van der Waals surface area contributed by atoms with Gasteiger partial charge in [-0.1, -0.05) is 82.2 Å². The van der Waals surface area contributed by atoms with Gasteiger partial charge in [0.15, 0.2) is 0 Å². The Morgan fingerprint density at radius 2 is 1.72 bits per heavy atom. The summed E-state index contributed by atoms with van der Waals surface area (Å²) in [6, 6.07) is 16.4. The monoisotopic (exact) mass is 360 g/mol. The van der Waals surface area contributed by atoms with Gasteiger partial charge in [0.2, 0.25) is 0 Å². The van der Waals surface area contributed by atoms with Gasteiger partial charge < -0.3 is 4.74 Å². The van der Waals surface area contributed by atoms with Gasteiger partial charge in [0, 0.05) is 12.3 Å². The summed E-state index contributed by atoms with van der Waals surface area (Å²) >= 11 is 0. The Labute approximate surface area is 155 Å². The molecule has 1 fully saturated rings. The number of rotatable bonds is 8. The van der Waals surface area contributed by atoms with Crippen LogP contribution >= 0.6 is 0 Å². The molecule has 1 aliphatic rings. The zero-order chi connectivity index (χ0) is 18.5. The molecular formula is C22H36O2Si.